The van der Waals surface area contributed by atoms with E-state index >= 15 is 0 Å². The molecule has 3 aromatic rings. The second-order valence-corrected chi connectivity index (χ2v) is 7.88. The molecule has 0 radical (unpaired) electrons. The van der Waals surface area contributed by atoms with Gasteiger partial charge < -0.3 is 14.7 Å². The highest BCUT2D eigenvalue weighted by Crippen LogP contribution is 2.45. The molecule has 160 valence electrons. The van der Waals surface area contributed by atoms with E-state index in [0.717, 1.165) is 22.5 Å². The molecule has 1 N–H and O–H groups in total. The number of carboxylic acids is 1. The third-order valence-corrected chi connectivity index (χ3v) is 6.21. The zero-order valence-corrected chi connectivity index (χ0v) is 17.5. The van der Waals surface area contributed by atoms with E-state index in [1.807, 2.05) is 43.4 Å². The summed E-state index contributed by atoms with van der Waals surface area (Å²) in [6, 6.07) is 17.8. The third kappa shape index (κ3) is 4.10. The van der Waals surface area contributed by atoms with E-state index in [0.29, 0.717) is 18.6 Å². The lowest BCUT2D eigenvalue weighted by molar-refractivity contribution is -0.142. The average Bonchev–Trinajstić information content (AvgIpc) is 3.25. The Hall–Kier alpha value is -3.41. The molecule has 0 amide bonds. The van der Waals surface area contributed by atoms with Crippen LogP contribution < -0.4 is 9.64 Å². The van der Waals surface area contributed by atoms with Crippen LogP contribution in [0.2, 0.25) is 0 Å². The predicted molar refractivity (Wildman–Crippen MR) is 118 cm³/mol. The topological polar surface area (TPSA) is 62.7 Å². The lowest BCUT2D eigenvalue weighted by Gasteiger charge is -2.34. The summed E-state index contributed by atoms with van der Waals surface area (Å²) in [4.78, 5) is 18.5. The summed E-state index contributed by atoms with van der Waals surface area (Å²) >= 11 is 0. The van der Waals surface area contributed by atoms with Gasteiger partial charge in [0.05, 0.1) is 24.4 Å². The van der Waals surface area contributed by atoms with Gasteiger partial charge in [-0.15, -0.1) is 0 Å². The van der Waals surface area contributed by atoms with Crippen molar-refractivity contribution in [2.24, 2.45) is 5.92 Å². The number of hydrogen-bond donors (Lipinski definition) is 1. The molecule has 1 saturated carbocycles. The molecule has 1 aliphatic carbocycles. The van der Waals surface area contributed by atoms with Gasteiger partial charge in [0, 0.05) is 30.8 Å². The van der Waals surface area contributed by atoms with E-state index in [2.05, 4.69) is 9.88 Å². The standard InChI is InChI=1S/C25H25FN2O3/c1-28(22-15-17(8-13-23(22)31-2)20-5-3-4-14-27-20)21-12-11-19(25(29)30)24(21)16-6-9-18(26)10-7-16/h3-10,13-15,19,21,24H,11-12H2,1-2H3,(H,29,30). The Morgan fingerprint density at radius 1 is 1.13 bits per heavy atom. The molecule has 4 rings (SSSR count). The number of anilines is 1. The monoisotopic (exact) mass is 420 g/mol. The lowest BCUT2D eigenvalue weighted by atomic mass is 9.86. The first-order valence-electron chi connectivity index (χ1n) is 10.3. The predicted octanol–water partition coefficient (Wildman–Crippen LogP) is 4.98. The number of carboxylic acid groups (broad SMARTS) is 1. The summed E-state index contributed by atoms with van der Waals surface area (Å²) in [5.74, 6) is -1.23. The van der Waals surface area contributed by atoms with E-state index in [4.69, 9.17) is 4.74 Å². The number of ether oxygens (including phenoxy) is 1. The van der Waals surface area contributed by atoms with E-state index in [1.165, 1.54) is 12.1 Å². The van der Waals surface area contributed by atoms with E-state index in [-0.39, 0.29) is 17.8 Å². The molecule has 31 heavy (non-hydrogen) atoms. The van der Waals surface area contributed by atoms with Gasteiger partial charge in [-0.2, -0.15) is 0 Å². The van der Waals surface area contributed by atoms with Gasteiger partial charge >= 0.3 is 5.97 Å². The number of carbonyl (C=O) groups is 1. The van der Waals surface area contributed by atoms with Gasteiger partial charge in [-0.25, -0.2) is 4.39 Å². The molecule has 3 unspecified atom stereocenters. The van der Waals surface area contributed by atoms with E-state index in [1.54, 1.807) is 25.4 Å². The van der Waals surface area contributed by atoms with Crippen LogP contribution in [-0.2, 0) is 4.79 Å². The molecule has 0 spiro atoms. The molecule has 2 aromatic carbocycles. The number of aromatic nitrogens is 1. The van der Waals surface area contributed by atoms with Gasteiger partial charge in [-0.1, -0.05) is 18.2 Å². The molecule has 1 aliphatic rings. The van der Waals surface area contributed by atoms with Crippen molar-refractivity contribution in [1.29, 1.82) is 0 Å². The summed E-state index contributed by atoms with van der Waals surface area (Å²) in [7, 11) is 3.59. The summed E-state index contributed by atoms with van der Waals surface area (Å²) in [6.07, 6.45) is 3.03. The maximum Gasteiger partial charge on any atom is 0.307 e. The van der Waals surface area contributed by atoms with Crippen molar-refractivity contribution in [2.45, 2.75) is 24.8 Å². The largest absolute Gasteiger partial charge is 0.495 e. The Balaban J connectivity index is 1.74. The Bertz CT molecular complexity index is 1060. The summed E-state index contributed by atoms with van der Waals surface area (Å²) in [6.45, 7) is 0. The SMILES string of the molecule is COc1ccc(-c2ccccn2)cc1N(C)C1CCC(C(=O)O)C1c1ccc(F)cc1. The fourth-order valence-electron chi connectivity index (χ4n) is 4.67. The second kappa shape index (κ2) is 8.76. The second-order valence-electron chi connectivity index (χ2n) is 7.88. The van der Waals surface area contributed by atoms with Gasteiger partial charge in [0.1, 0.15) is 11.6 Å². The first-order valence-corrected chi connectivity index (χ1v) is 10.3. The van der Waals surface area contributed by atoms with Crippen LogP contribution in [0.3, 0.4) is 0 Å². The van der Waals surface area contributed by atoms with E-state index in [9.17, 15) is 14.3 Å². The number of hydrogen-bond acceptors (Lipinski definition) is 4. The first kappa shape index (κ1) is 20.8. The number of aliphatic carboxylic acids is 1. The number of pyridine rings is 1. The normalized spacial score (nSPS) is 20.4. The highest BCUT2D eigenvalue weighted by molar-refractivity contribution is 5.74. The Labute approximate surface area is 181 Å². The van der Waals surface area contributed by atoms with Crippen LogP contribution in [-0.4, -0.2) is 36.3 Å². The lowest BCUT2D eigenvalue weighted by Crippen LogP contribution is -2.36. The van der Waals surface area contributed by atoms with Crippen LogP contribution in [0.5, 0.6) is 5.75 Å². The molecule has 6 heteroatoms. The molecule has 1 aromatic heterocycles. The number of rotatable bonds is 6. The molecule has 1 heterocycles. The summed E-state index contributed by atoms with van der Waals surface area (Å²) < 4.78 is 19.1. The molecule has 3 atom stereocenters. The van der Waals surface area contributed by atoms with Crippen molar-refractivity contribution in [1.82, 2.24) is 4.98 Å². The van der Waals surface area contributed by atoms with Gasteiger partial charge in [0.25, 0.3) is 0 Å². The maximum absolute atomic E-state index is 13.5. The van der Waals surface area contributed by atoms with Crippen molar-refractivity contribution < 1.29 is 19.0 Å². The fourth-order valence-corrected chi connectivity index (χ4v) is 4.67. The molecule has 1 fully saturated rings. The quantitative estimate of drug-likeness (QED) is 0.609. The van der Waals surface area contributed by atoms with E-state index < -0.39 is 11.9 Å². The zero-order valence-electron chi connectivity index (χ0n) is 17.5. The third-order valence-electron chi connectivity index (χ3n) is 6.21. The Morgan fingerprint density at radius 3 is 2.55 bits per heavy atom. The van der Waals surface area contributed by atoms with Crippen molar-refractivity contribution in [3.05, 3.63) is 78.2 Å². The summed E-state index contributed by atoms with van der Waals surface area (Å²) in [5.41, 5.74) is 3.51. The van der Waals surface area contributed by atoms with Gasteiger partial charge in [-0.3, -0.25) is 9.78 Å². The minimum Gasteiger partial charge on any atom is -0.495 e. The minimum atomic E-state index is -0.820. The smallest absolute Gasteiger partial charge is 0.307 e. The van der Waals surface area contributed by atoms with Crippen molar-refractivity contribution in [2.75, 3.05) is 19.1 Å². The van der Waals surface area contributed by atoms with Crippen LogP contribution in [0.1, 0.15) is 24.3 Å². The van der Waals surface area contributed by atoms with Crippen LogP contribution in [0.25, 0.3) is 11.3 Å². The first-order chi connectivity index (χ1) is 15.0. The molecule has 5 nitrogen and oxygen atoms in total. The van der Waals surface area contributed by atoms with Crippen LogP contribution >= 0.6 is 0 Å². The fraction of sp³-hybridized carbons (Fsp3) is 0.280. The Kier molecular flexibility index (Phi) is 5.89. The molecular formula is C25H25FN2O3. The highest BCUT2D eigenvalue weighted by Gasteiger charge is 2.43. The number of nitrogens with zero attached hydrogens (tertiary/aromatic N) is 2. The van der Waals surface area contributed by atoms with Crippen molar-refractivity contribution in [3.8, 4) is 17.0 Å². The molecule has 0 bridgehead atoms. The number of benzene rings is 2. The minimum absolute atomic E-state index is 0.0700. The summed E-state index contributed by atoms with van der Waals surface area (Å²) in [5, 5.41) is 9.84. The molecule has 0 aliphatic heterocycles. The van der Waals surface area contributed by atoms with Gasteiger partial charge in [0.15, 0.2) is 0 Å². The number of halogens is 1. The maximum atomic E-state index is 13.5. The average molecular weight is 420 g/mol. The number of methoxy groups -OCH3 is 1. The highest BCUT2D eigenvalue weighted by atomic mass is 19.1. The van der Waals surface area contributed by atoms with Crippen molar-refractivity contribution >= 4 is 11.7 Å². The van der Waals surface area contributed by atoms with Gasteiger partial charge in [0.2, 0.25) is 0 Å². The van der Waals surface area contributed by atoms with Crippen molar-refractivity contribution in [3.63, 3.8) is 0 Å². The van der Waals surface area contributed by atoms with Crippen LogP contribution in [0.4, 0.5) is 10.1 Å². The zero-order chi connectivity index (χ0) is 22.0. The number of likely N-dealkylation sites (N-methyl/N-ethyl adjacent to an activating group) is 1. The van der Waals surface area contributed by atoms with Gasteiger partial charge in [-0.05, 0) is 60.9 Å². The van der Waals surface area contributed by atoms with Crippen LogP contribution in [0, 0.1) is 11.7 Å². The molecular weight excluding hydrogens is 395 g/mol. The van der Waals surface area contributed by atoms with Crippen LogP contribution in [0.15, 0.2) is 66.9 Å². The molecule has 0 saturated heterocycles. The Morgan fingerprint density at radius 2 is 1.90 bits per heavy atom.